The van der Waals surface area contributed by atoms with Crippen LogP contribution >= 0.6 is 0 Å². The van der Waals surface area contributed by atoms with E-state index in [9.17, 15) is 20.4 Å². The lowest BCUT2D eigenvalue weighted by Crippen LogP contribution is -2.81. The van der Waals surface area contributed by atoms with Crippen molar-refractivity contribution >= 4 is 0 Å². The van der Waals surface area contributed by atoms with Gasteiger partial charge in [0.15, 0.2) is 0 Å². The Bertz CT molecular complexity index is 878. The maximum Gasteiger partial charge on any atom is 0.120 e. The van der Waals surface area contributed by atoms with E-state index in [-0.39, 0.29) is 36.3 Å². The summed E-state index contributed by atoms with van der Waals surface area (Å²) in [6.07, 6.45) is -4.11. The van der Waals surface area contributed by atoms with E-state index in [1.165, 1.54) is 7.11 Å². The van der Waals surface area contributed by atoms with Crippen LogP contribution in [0, 0.1) is 34.5 Å². The molecule has 5 aliphatic carbocycles. The molecule has 6 fully saturated rings. The molecule has 1 saturated heterocycles. The minimum Gasteiger partial charge on any atom is -0.392 e. The first-order valence-corrected chi connectivity index (χ1v) is 12.7. The summed E-state index contributed by atoms with van der Waals surface area (Å²) < 4.78 is 30.4. The highest BCUT2D eigenvalue weighted by Gasteiger charge is 2.90. The summed E-state index contributed by atoms with van der Waals surface area (Å²) in [5.74, 6) is -1.37. The second-order valence-electron chi connectivity index (χ2n) is 12.1. The molecule has 6 rings (SSSR count). The quantitative estimate of drug-likeness (QED) is 0.342. The van der Waals surface area contributed by atoms with Gasteiger partial charge in [0.05, 0.1) is 31.0 Å². The van der Waals surface area contributed by atoms with E-state index in [4.69, 9.17) is 23.7 Å². The monoisotopic (exact) mass is 499 g/mol. The molecule has 10 nitrogen and oxygen atoms in total. The Kier molecular flexibility index (Phi) is 5.40. The molecule has 7 bridgehead atoms. The van der Waals surface area contributed by atoms with Gasteiger partial charge < -0.3 is 49.0 Å². The minimum atomic E-state index is -1.63. The zero-order valence-electron chi connectivity index (χ0n) is 21.5. The fourth-order valence-corrected chi connectivity index (χ4v) is 11.2. The maximum atomic E-state index is 11.9. The molecule has 15 atom stereocenters. The molecule has 4 N–H and O–H groups in total. The Morgan fingerprint density at radius 1 is 0.943 bits per heavy atom. The molecule has 0 aromatic rings. The second-order valence-corrected chi connectivity index (χ2v) is 12.1. The standard InChI is InChI=1S/C25H41NO9/c1-26-9-22(10-31-2)12(27)7-13(32-3)24-11-8-23(30)19(28)14(11)25(35-6,20(29)21(23)34-5)15(18(24)26)16(33-4)17(22)24/h11-21,27-30H,7-10H2,1-6H3/t11-,12?,13?,14-,15+,16?,17-,18-,19?,20?,21?,22+,23-,24+,25-/m1/s1. The molecule has 0 radical (unpaired) electrons. The molecule has 1 aliphatic heterocycles. The van der Waals surface area contributed by atoms with E-state index >= 15 is 0 Å². The smallest absolute Gasteiger partial charge is 0.120 e. The van der Waals surface area contributed by atoms with Crippen molar-refractivity contribution in [1.29, 1.82) is 0 Å². The van der Waals surface area contributed by atoms with Gasteiger partial charge in [-0.1, -0.05) is 0 Å². The number of rotatable bonds is 6. The van der Waals surface area contributed by atoms with Crippen LogP contribution in [-0.4, -0.2) is 135 Å². The maximum absolute atomic E-state index is 11.9. The van der Waals surface area contributed by atoms with Gasteiger partial charge in [0.2, 0.25) is 0 Å². The van der Waals surface area contributed by atoms with Crippen LogP contribution in [0.1, 0.15) is 12.8 Å². The topological polar surface area (TPSA) is 130 Å². The van der Waals surface area contributed by atoms with Gasteiger partial charge in [-0.15, -0.1) is 0 Å². The van der Waals surface area contributed by atoms with Gasteiger partial charge in [0, 0.05) is 83.1 Å². The normalized spacial score (nSPS) is 62.4. The lowest BCUT2D eigenvalue weighted by molar-refractivity contribution is -0.325. The Morgan fingerprint density at radius 2 is 1.66 bits per heavy atom. The number of aliphatic hydroxyl groups excluding tert-OH is 3. The van der Waals surface area contributed by atoms with E-state index in [2.05, 4.69) is 4.90 Å². The van der Waals surface area contributed by atoms with Crippen molar-refractivity contribution in [2.45, 2.75) is 66.7 Å². The molecular formula is C25H41NO9. The van der Waals surface area contributed by atoms with Gasteiger partial charge >= 0.3 is 0 Å². The van der Waals surface area contributed by atoms with Gasteiger partial charge in [-0.05, 0) is 19.4 Å². The van der Waals surface area contributed by atoms with E-state index in [1.807, 2.05) is 7.05 Å². The average molecular weight is 500 g/mol. The largest absolute Gasteiger partial charge is 0.392 e. The first-order chi connectivity index (χ1) is 16.6. The molecule has 200 valence electrons. The average Bonchev–Trinajstić information content (AvgIpc) is 3.19. The van der Waals surface area contributed by atoms with Crippen LogP contribution in [0.15, 0.2) is 0 Å². The number of likely N-dealkylation sites (tertiary alicyclic amines) is 1. The molecule has 6 aliphatic rings. The van der Waals surface area contributed by atoms with Crippen LogP contribution in [0.3, 0.4) is 0 Å². The fraction of sp³-hybridized carbons (Fsp3) is 1.00. The number of hydrogen-bond acceptors (Lipinski definition) is 10. The Morgan fingerprint density at radius 3 is 2.23 bits per heavy atom. The van der Waals surface area contributed by atoms with Crippen LogP contribution in [0.2, 0.25) is 0 Å². The predicted octanol–water partition coefficient (Wildman–Crippen LogP) is -1.52. The highest BCUT2D eigenvalue weighted by Crippen LogP contribution is 2.80. The number of methoxy groups -OCH3 is 5. The SMILES string of the molecule is COC[C@]12CN(C)[C@@H]3[C@@H]4C(OC)[C@H]1[C@@]3(C(OC)CC2O)[C@@H]1C[C@]2(O)C(OC)C(O)[C@@]4(OC)[C@H]1C2O. The number of nitrogens with zero attached hydrogens (tertiary/aromatic N) is 1. The summed E-state index contributed by atoms with van der Waals surface area (Å²) in [6.45, 7) is 0.938. The third-order valence-corrected chi connectivity index (χ3v) is 11.7. The summed E-state index contributed by atoms with van der Waals surface area (Å²) >= 11 is 0. The second kappa shape index (κ2) is 7.59. The lowest BCUT2D eigenvalue weighted by Gasteiger charge is -2.70. The Hall–Kier alpha value is -0.400. The molecule has 0 aromatic heterocycles. The van der Waals surface area contributed by atoms with E-state index in [1.54, 1.807) is 28.4 Å². The van der Waals surface area contributed by atoms with Crippen LogP contribution in [-0.2, 0) is 23.7 Å². The van der Waals surface area contributed by atoms with E-state index in [0.29, 0.717) is 19.6 Å². The van der Waals surface area contributed by atoms with Gasteiger partial charge in [0.1, 0.15) is 23.4 Å². The molecule has 0 amide bonds. The number of ether oxygens (including phenoxy) is 5. The molecule has 1 spiro atoms. The van der Waals surface area contributed by atoms with Crippen molar-refractivity contribution < 1.29 is 44.1 Å². The van der Waals surface area contributed by atoms with Crippen LogP contribution in [0.5, 0.6) is 0 Å². The van der Waals surface area contributed by atoms with Crippen molar-refractivity contribution in [3.63, 3.8) is 0 Å². The van der Waals surface area contributed by atoms with Gasteiger partial charge in [-0.25, -0.2) is 0 Å². The van der Waals surface area contributed by atoms with Crippen molar-refractivity contribution in [3.05, 3.63) is 0 Å². The summed E-state index contributed by atoms with van der Waals surface area (Å²) in [5.41, 5.74) is -4.05. The van der Waals surface area contributed by atoms with Crippen molar-refractivity contribution in [2.75, 3.05) is 55.7 Å². The summed E-state index contributed by atoms with van der Waals surface area (Å²) in [5, 5.41) is 47.2. The highest BCUT2D eigenvalue weighted by molar-refractivity contribution is 5.40. The van der Waals surface area contributed by atoms with Crippen molar-refractivity contribution in [1.82, 2.24) is 4.90 Å². The minimum absolute atomic E-state index is 0.124. The first-order valence-electron chi connectivity index (χ1n) is 12.7. The molecule has 6 unspecified atom stereocenters. The van der Waals surface area contributed by atoms with Crippen LogP contribution in [0.25, 0.3) is 0 Å². The summed E-state index contributed by atoms with van der Waals surface area (Å²) in [6, 6.07) is -0.124. The molecular weight excluding hydrogens is 458 g/mol. The van der Waals surface area contributed by atoms with E-state index < -0.39 is 58.5 Å². The molecule has 35 heavy (non-hydrogen) atoms. The predicted molar refractivity (Wildman–Crippen MR) is 121 cm³/mol. The molecule has 0 aromatic carbocycles. The lowest BCUT2D eigenvalue weighted by atomic mass is 9.42. The number of hydrogen-bond donors (Lipinski definition) is 4. The molecule has 5 saturated carbocycles. The third-order valence-electron chi connectivity index (χ3n) is 11.7. The Balaban J connectivity index is 1.69. The first kappa shape index (κ1) is 24.9. The highest BCUT2D eigenvalue weighted by atomic mass is 16.5. The zero-order valence-corrected chi connectivity index (χ0v) is 21.5. The number of piperidine rings is 1. The number of aliphatic hydroxyl groups is 4. The van der Waals surface area contributed by atoms with Gasteiger partial charge in [-0.2, -0.15) is 0 Å². The summed E-state index contributed by atoms with van der Waals surface area (Å²) in [7, 11) is 10.1. The summed E-state index contributed by atoms with van der Waals surface area (Å²) in [4.78, 5) is 2.27. The number of fused-ring (bicyclic) bond motifs is 2. The molecule has 1 heterocycles. The van der Waals surface area contributed by atoms with Crippen LogP contribution in [0.4, 0.5) is 0 Å². The van der Waals surface area contributed by atoms with Crippen molar-refractivity contribution in [2.24, 2.45) is 34.5 Å². The van der Waals surface area contributed by atoms with E-state index in [0.717, 1.165) is 0 Å². The Labute approximate surface area is 206 Å². The third kappa shape index (κ3) is 2.31. The molecule has 10 heteroatoms. The zero-order chi connectivity index (χ0) is 25.3. The van der Waals surface area contributed by atoms with Crippen molar-refractivity contribution in [3.8, 4) is 0 Å². The van der Waals surface area contributed by atoms with Gasteiger partial charge in [-0.3, -0.25) is 0 Å². The van der Waals surface area contributed by atoms with Gasteiger partial charge in [0.25, 0.3) is 0 Å². The fourth-order valence-electron chi connectivity index (χ4n) is 11.2. The van der Waals surface area contributed by atoms with Crippen LogP contribution < -0.4 is 0 Å².